The van der Waals surface area contributed by atoms with Crippen molar-refractivity contribution in [1.29, 1.82) is 0 Å². The van der Waals surface area contributed by atoms with Gasteiger partial charge in [-0.2, -0.15) is 4.98 Å². The molecule has 74 heavy (non-hydrogen) atoms. The summed E-state index contributed by atoms with van der Waals surface area (Å²) < 4.78 is 28.6. The van der Waals surface area contributed by atoms with E-state index < -0.39 is 17.0 Å². The largest absolute Gasteiger partial charge is 0.483 e. The minimum atomic E-state index is -1.30. The highest BCUT2D eigenvalue weighted by Gasteiger charge is 2.57. The quantitative estimate of drug-likeness (QED) is 0.0444. The Labute approximate surface area is 444 Å². The number of amides is 2. The van der Waals surface area contributed by atoms with Gasteiger partial charge in [-0.15, -0.1) is 17.9 Å². The van der Waals surface area contributed by atoms with Crippen molar-refractivity contribution in [2.75, 3.05) is 56.1 Å². The molecular formula is C56H67ClN6O9S2. The Balaban J connectivity index is 0.00000195. The van der Waals surface area contributed by atoms with E-state index in [1.807, 2.05) is 48.5 Å². The van der Waals surface area contributed by atoms with Gasteiger partial charge in [0, 0.05) is 62.6 Å². The van der Waals surface area contributed by atoms with Gasteiger partial charge in [-0.3, -0.25) is 19.2 Å². The number of aryl methyl sites for hydroxylation is 1. The van der Waals surface area contributed by atoms with Crippen LogP contribution in [0.25, 0.3) is 32.3 Å². The molecule has 0 radical (unpaired) electrons. The number of likely N-dealkylation sites (N-methyl/N-ethyl adjacent to an activating group) is 1. The number of oxazole rings is 1. The van der Waals surface area contributed by atoms with Crippen LogP contribution in [0.15, 0.2) is 89.9 Å². The van der Waals surface area contributed by atoms with Crippen LogP contribution < -0.4 is 25.2 Å². The highest BCUT2D eigenvalue weighted by Crippen LogP contribution is 2.53. The fraction of sp³-hybridized carbons (Fsp3) is 0.411. The number of halogens is 1. The molecule has 0 saturated carbocycles. The van der Waals surface area contributed by atoms with Crippen molar-refractivity contribution in [1.82, 2.24) is 14.6 Å². The molecule has 15 nitrogen and oxygen atoms in total. The minimum Gasteiger partial charge on any atom is -0.483 e. The SMILES string of the molecule is C=CCCC(C(=O)NC)N(C=O)c1ccc(C2CCN(c3nc4cc(CS(=O)N5C6(C)CCC5(C)CC(Nc5cccc(-c7sc(C=O)c(OCC=O)c7Cl)c5)C6)ccc4o3)CC2)c2cccc(C)c12.CO.CO. The minimum absolute atomic E-state index is 0.136. The van der Waals surface area contributed by atoms with Gasteiger partial charge >= 0.3 is 0 Å². The number of hydrogen-bond acceptors (Lipinski definition) is 13. The number of nitrogens with zero attached hydrogens (tertiary/aromatic N) is 4. The number of benzene rings is 4. The van der Waals surface area contributed by atoms with Crippen molar-refractivity contribution in [2.45, 2.75) is 107 Å². The van der Waals surface area contributed by atoms with Crippen molar-refractivity contribution in [3.8, 4) is 16.2 Å². The molecule has 394 valence electrons. The second-order valence-corrected chi connectivity index (χ2v) is 22.1. The van der Waals surface area contributed by atoms with Gasteiger partial charge in [-0.05, 0) is 136 Å². The van der Waals surface area contributed by atoms with Crippen LogP contribution in [0.2, 0.25) is 5.02 Å². The summed E-state index contributed by atoms with van der Waals surface area (Å²) >= 11 is 7.91. The van der Waals surface area contributed by atoms with E-state index in [1.165, 1.54) is 16.9 Å². The standard InChI is InChI=1S/C54H59ClN6O7S2.2CH4O/c1-6-7-14-44(51(65)56-5)60(33-64)43-17-16-40(41-13-8-10-34(2)47(41)43)36-19-23-59(24-20-36)52-58-42-27-35(15-18-45(42)68-52)32-70(66)61-53(3)21-22-54(61,4)30-39(29-53)57-38-12-9-11-37(28-38)50-48(55)49(67-26-25-62)46(31-63)69-50;2*1-2/h6,8-13,15-18,25,27-28,31,33,36,39,44,57H,1,7,14,19-24,26,29-30,32H2,2-5H3,(H,56,65);2*2H,1H3. The summed E-state index contributed by atoms with van der Waals surface area (Å²) in [4.78, 5) is 58.2. The summed E-state index contributed by atoms with van der Waals surface area (Å²) in [6.45, 7) is 11.7. The predicted octanol–water partition coefficient (Wildman–Crippen LogP) is 9.76. The third-order valence-electron chi connectivity index (χ3n) is 14.6. The third kappa shape index (κ3) is 11.3. The number of thiophene rings is 1. The first-order valence-corrected chi connectivity index (χ1v) is 27.3. The number of piperidine rings is 2. The van der Waals surface area contributed by atoms with E-state index >= 15 is 0 Å². The Morgan fingerprint density at radius 2 is 1.74 bits per heavy atom. The first-order chi connectivity index (χ1) is 35.8. The summed E-state index contributed by atoms with van der Waals surface area (Å²) in [5.41, 5.74) is 6.57. The van der Waals surface area contributed by atoms with Crippen molar-refractivity contribution in [2.24, 2.45) is 0 Å². The van der Waals surface area contributed by atoms with Crippen molar-refractivity contribution in [3.05, 3.63) is 112 Å². The monoisotopic (exact) mass is 1070 g/mol. The first kappa shape index (κ1) is 55.8. The van der Waals surface area contributed by atoms with E-state index in [0.29, 0.717) is 57.5 Å². The molecule has 3 aliphatic rings. The highest BCUT2D eigenvalue weighted by atomic mass is 35.5. The first-order valence-electron chi connectivity index (χ1n) is 24.8. The van der Waals surface area contributed by atoms with Gasteiger partial charge in [0.2, 0.25) is 12.3 Å². The van der Waals surface area contributed by atoms with Gasteiger partial charge in [0.05, 0.1) is 27.3 Å². The molecule has 2 amide bonds. The van der Waals surface area contributed by atoms with Gasteiger partial charge in [0.1, 0.15) is 28.1 Å². The third-order valence-corrected chi connectivity index (χ3v) is 18.1. The molecule has 4 unspecified atom stereocenters. The Morgan fingerprint density at radius 1 is 1.03 bits per heavy atom. The van der Waals surface area contributed by atoms with E-state index in [9.17, 15) is 23.4 Å². The number of aliphatic hydroxyl groups excluding tert-OH is 2. The Bertz CT molecular complexity index is 2990. The van der Waals surface area contributed by atoms with E-state index in [0.717, 1.165) is 117 Å². The lowest BCUT2D eigenvalue weighted by molar-refractivity contribution is -0.123. The van der Waals surface area contributed by atoms with Crippen LogP contribution in [0.3, 0.4) is 0 Å². The van der Waals surface area contributed by atoms with Gasteiger partial charge < -0.3 is 39.8 Å². The molecule has 2 bridgehead atoms. The molecule has 3 saturated heterocycles. The number of aliphatic hydroxyl groups is 2. The smallest absolute Gasteiger partial charge is 0.298 e. The number of ether oxygens (including phenoxy) is 1. The topological polar surface area (TPSA) is 195 Å². The number of hydrogen-bond donors (Lipinski definition) is 4. The lowest BCUT2D eigenvalue weighted by Gasteiger charge is -2.50. The lowest BCUT2D eigenvalue weighted by Crippen LogP contribution is -2.59. The number of nitrogens with one attached hydrogen (secondary N) is 2. The molecule has 4 atom stereocenters. The molecule has 5 heterocycles. The molecular weight excluding hydrogens is 1000 g/mol. The zero-order valence-corrected chi connectivity index (χ0v) is 45.3. The van der Waals surface area contributed by atoms with Crippen LogP contribution in [0, 0.1) is 6.92 Å². The van der Waals surface area contributed by atoms with Crippen LogP contribution in [0.1, 0.15) is 97.5 Å². The number of fused-ring (bicyclic) bond motifs is 4. The molecule has 2 aromatic heterocycles. The van der Waals surface area contributed by atoms with E-state index in [-0.39, 0.29) is 41.3 Å². The second kappa shape index (κ2) is 24.6. The Kier molecular flexibility index (Phi) is 18.5. The maximum absolute atomic E-state index is 14.5. The Morgan fingerprint density at radius 3 is 2.41 bits per heavy atom. The van der Waals surface area contributed by atoms with Crippen LogP contribution in [0.4, 0.5) is 17.4 Å². The molecule has 9 rings (SSSR count). The lowest BCUT2D eigenvalue weighted by atomic mass is 9.84. The number of anilines is 3. The number of carbonyl (C=O) groups excluding carboxylic acids is 4. The molecule has 0 aliphatic carbocycles. The molecule has 18 heteroatoms. The molecule has 0 spiro atoms. The molecule has 3 fully saturated rings. The van der Waals surface area contributed by atoms with Gasteiger partial charge in [0.25, 0.3) is 6.01 Å². The number of rotatable bonds is 19. The van der Waals surface area contributed by atoms with Crippen molar-refractivity contribution < 1.29 is 42.8 Å². The number of aldehydes is 2. The van der Waals surface area contributed by atoms with E-state index in [4.69, 9.17) is 36.0 Å². The van der Waals surface area contributed by atoms with Crippen LogP contribution in [0.5, 0.6) is 5.75 Å². The summed E-state index contributed by atoms with van der Waals surface area (Å²) in [7, 11) is 2.30. The van der Waals surface area contributed by atoms with Crippen LogP contribution in [-0.2, 0) is 31.1 Å². The van der Waals surface area contributed by atoms with Crippen LogP contribution >= 0.6 is 22.9 Å². The van der Waals surface area contributed by atoms with Gasteiger partial charge in [-0.25, -0.2) is 8.51 Å². The fourth-order valence-electron chi connectivity index (χ4n) is 11.5. The average Bonchev–Trinajstić information content (AvgIpc) is 4.04. The number of carbonyl (C=O) groups is 4. The normalized spacial score (nSPS) is 20.3. The van der Waals surface area contributed by atoms with Gasteiger partial charge in [0.15, 0.2) is 23.9 Å². The predicted molar refractivity (Wildman–Crippen MR) is 297 cm³/mol. The van der Waals surface area contributed by atoms with Gasteiger partial charge in [-0.1, -0.05) is 60.1 Å². The molecule has 4 N–H and O–H groups in total. The van der Waals surface area contributed by atoms with Crippen LogP contribution in [-0.4, -0.2) is 113 Å². The van der Waals surface area contributed by atoms with Crippen molar-refractivity contribution in [3.63, 3.8) is 0 Å². The summed E-state index contributed by atoms with van der Waals surface area (Å²) in [6, 6.07) is 24.3. The zero-order valence-electron chi connectivity index (χ0n) is 42.9. The highest BCUT2D eigenvalue weighted by molar-refractivity contribution is 7.81. The van der Waals surface area contributed by atoms with E-state index in [2.05, 4.69) is 71.5 Å². The van der Waals surface area contributed by atoms with E-state index in [1.54, 1.807) is 18.0 Å². The maximum atomic E-state index is 14.5. The maximum Gasteiger partial charge on any atom is 0.298 e. The summed E-state index contributed by atoms with van der Waals surface area (Å²) in [5.74, 6) is 0.654. The number of aromatic nitrogens is 1. The second-order valence-electron chi connectivity index (χ2n) is 19.4. The molecule has 4 aromatic carbocycles. The summed E-state index contributed by atoms with van der Waals surface area (Å²) in [5, 5.41) is 22.9. The molecule has 3 aliphatic heterocycles. The fourth-order valence-corrected chi connectivity index (χ4v) is 14.8. The van der Waals surface area contributed by atoms with Crippen molar-refractivity contribution >= 4 is 98.1 Å². The molecule has 6 aromatic rings. The summed E-state index contributed by atoms with van der Waals surface area (Å²) in [6.07, 6.45) is 10.2. The number of allylic oxidation sites excluding steroid dienone is 1. The average molecular weight is 1070 g/mol. The zero-order chi connectivity index (χ0) is 53.3. The Hall–Kier alpha value is -5.95.